The van der Waals surface area contributed by atoms with Crippen LogP contribution in [0.5, 0.6) is 0 Å². The number of hydrogen-bond donors (Lipinski definition) is 1. The van der Waals surface area contributed by atoms with Crippen LogP contribution in [-0.4, -0.2) is 41.9 Å². The van der Waals surface area contributed by atoms with Crippen LogP contribution in [0.1, 0.15) is 33.1 Å². The van der Waals surface area contributed by atoms with Gasteiger partial charge in [-0.05, 0) is 19.4 Å². The van der Waals surface area contributed by atoms with Crippen molar-refractivity contribution in [1.82, 2.24) is 4.90 Å². The average molecular weight is 227 g/mol. The van der Waals surface area contributed by atoms with Gasteiger partial charge in [-0.1, -0.05) is 20.3 Å². The fourth-order valence-electron chi connectivity index (χ4n) is 1.30. The molecule has 0 saturated heterocycles. The maximum atomic E-state index is 12.2. The molecule has 0 aliphatic rings. The third-order valence-electron chi connectivity index (χ3n) is 2.17. The highest BCUT2D eigenvalue weighted by Gasteiger charge is 2.30. The third-order valence-corrected chi connectivity index (χ3v) is 2.17. The van der Waals surface area contributed by atoms with Crippen LogP contribution in [0.25, 0.3) is 0 Å². The summed E-state index contributed by atoms with van der Waals surface area (Å²) in [6.07, 6.45) is -2.77. The molecule has 0 unspecified atom stereocenters. The van der Waals surface area contributed by atoms with Crippen molar-refractivity contribution >= 4 is 0 Å². The summed E-state index contributed by atoms with van der Waals surface area (Å²) in [5.74, 6) is 0. The number of halogens is 3. The smallest absolute Gasteiger partial charge is 0.392 e. The van der Waals surface area contributed by atoms with Gasteiger partial charge in [0.15, 0.2) is 0 Å². The fraction of sp³-hybridized carbons (Fsp3) is 1.00. The van der Waals surface area contributed by atoms with Gasteiger partial charge in [-0.3, -0.25) is 4.90 Å². The molecule has 0 aromatic heterocycles. The SMILES string of the molecule is CCCCN(C[C@H](O)CC)CC(F)(F)F. The average Bonchev–Trinajstić information content (AvgIpc) is 2.11. The minimum Gasteiger partial charge on any atom is -0.392 e. The lowest BCUT2D eigenvalue weighted by Crippen LogP contribution is -2.39. The van der Waals surface area contributed by atoms with Gasteiger partial charge in [-0.25, -0.2) is 0 Å². The maximum Gasteiger partial charge on any atom is 0.401 e. The molecule has 0 aliphatic carbocycles. The van der Waals surface area contributed by atoms with Crippen molar-refractivity contribution < 1.29 is 18.3 Å². The van der Waals surface area contributed by atoms with Gasteiger partial charge in [0.1, 0.15) is 0 Å². The lowest BCUT2D eigenvalue weighted by molar-refractivity contribution is -0.148. The Kier molecular flexibility index (Phi) is 6.92. The van der Waals surface area contributed by atoms with E-state index in [2.05, 4.69) is 0 Å². The van der Waals surface area contributed by atoms with Crippen molar-refractivity contribution in [1.29, 1.82) is 0 Å². The maximum absolute atomic E-state index is 12.2. The summed E-state index contributed by atoms with van der Waals surface area (Å²) in [7, 11) is 0. The van der Waals surface area contributed by atoms with E-state index in [4.69, 9.17) is 0 Å². The summed E-state index contributed by atoms with van der Waals surface area (Å²) in [6, 6.07) is 0. The van der Waals surface area contributed by atoms with Crippen LogP contribution in [-0.2, 0) is 0 Å². The second kappa shape index (κ2) is 7.06. The normalized spacial score (nSPS) is 14.6. The van der Waals surface area contributed by atoms with Crippen molar-refractivity contribution in [2.45, 2.75) is 45.4 Å². The summed E-state index contributed by atoms with van der Waals surface area (Å²) in [5.41, 5.74) is 0. The topological polar surface area (TPSA) is 23.5 Å². The quantitative estimate of drug-likeness (QED) is 0.722. The molecule has 1 N–H and O–H groups in total. The lowest BCUT2D eigenvalue weighted by atomic mass is 10.2. The zero-order valence-electron chi connectivity index (χ0n) is 9.35. The van der Waals surface area contributed by atoms with Crippen molar-refractivity contribution in [3.05, 3.63) is 0 Å². The van der Waals surface area contributed by atoms with Gasteiger partial charge in [-0.2, -0.15) is 13.2 Å². The summed E-state index contributed by atoms with van der Waals surface area (Å²) >= 11 is 0. The molecular weight excluding hydrogens is 207 g/mol. The van der Waals surface area contributed by atoms with E-state index in [1.807, 2.05) is 6.92 Å². The Labute approximate surface area is 89.1 Å². The Hall–Kier alpha value is -0.290. The molecule has 0 aliphatic heterocycles. The third kappa shape index (κ3) is 8.69. The number of aliphatic hydroxyl groups excluding tert-OH is 1. The molecule has 0 radical (unpaired) electrons. The first-order valence-corrected chi connectivity index (χ1v) is 5.36. The first-order valence-electron chi connectivity index (χ1n) is 5.36. The zero-order valence-corrected chi connectivity index (χ0v) is 9.35. The number of nitrogens with zero attached hydrogens (tertiary/aromatic N) is 1. The highest BCUT2D eigenvalue weighted by molar-refractivity contribution is 4.67. The molecule has 0 heterocycles. The number of alkyl halides is 3. The molecule has 0 saturated carbocycles. The Bertz CT molecular complexity index is 161. The lowest BCUT2D eigenvalue weighted by Gasteiger charge is -2.25. The molecule has 0 aromatic rings. The molecule has 15 heavy (non-hydrogen) atoms. The number of unbranched alkanes of at least 4 members (excludes halogenated alkanes) is 1. The standard InChI is InChI=1S/C10H20F3NO/c1-3-5-6-14(7-9(15)4-2)8-10(11,12)13/h9,15H,3-8H2,1-2H3/t9-/m1/s1. The molecule has 0 spiro atoms. The molecule has 0 amide bonds. The van der Waals surface area contributed by atoms with Crippen molar-refractivity contribution in [3.8, 4) is 0 Å². The summed E-state index contributed by atoms with van der Waals surface area (Å²) in [4.78, 5) is 1.28. The van der Waals surface area contributed by atoms with Gasteiger partial charge < -0.3 is 5.11 Å². The van der Waals surface area contributed by atoms with E-state index in [1.165, 1.54) is 4.90 Å². The van der Waals surface area contributed by atoms with E-state index in [0.717, 1.165) is 12.8 Å². The van der Waals surface area contributed by atoms with E-state index >= 15 is 0 Å². The largest absolute Gasteiger partial charge is 0.401 e. The highest BCUT2D eigenvalue weighted by atomic mass is 19.4. The molecule has 0 bridgehead atoms. The first-order chi connectivity index (χ1) is 6.89. The molecule has 5 heteroatoms. The van der Waals surface area contributed by atoms with Gasteiger partial charge in [0, 0.05) is 6.54 Å². The Morgan fingerprint density at radius 3 is 2.27 bits per heavy atom. The van der Waals surface area contributed by atoms with Gasteiger partial charge in [-0.15, -0.1) is 0 Å². The molecular formula is C10H20F3NO. The van der Waals surface area contributed by atoms with E-state index in [1.54, 1.807) is 6.92 Å². The van der Waals surface area contributed by atoms with E-state index in [9.17, 15) is 18.3 Å². The van der Waals surface area contributed by atoms with Crippen molar-refractivity contribution in [2.24, 2.45) is 0 Å². The molecule has 1 atom stereocenters. The predicted molar refractivity (Wildman–Crippen MR) is 53.7 cm³/mol. The minimum atomic E-state index is -4.18. The fourth-order valence-corrected chi connectivity index (χ4v) is 1.30. The van der Waals surface area contributed by atoms with Crippen LogP contribution in [0.2, 0.25) is 0 Å². The number of aliphatic hydroxyl groups is 1. The van der Waals surface area contributed by atoms with E-state index in [-0.39, 0.29) is 6.54 Å². The molecule has 92 valence electrons. The van der Waals surface area contributed by atoms with Crippen LogP contribution in [0.15, 0.2) is 0 Å². The molecule has 0 fully saturated rings. The predicted octanol–water partition coefficient (Wildman–Crippen LogP) is 2.42. The monoisotopic (exact) mass is 227 g/mol. The van der Waals surface area contributed by atoms with Crippen LogP contribution >= 0.6 is 0 Å². The van der Waals surface area contributed by atoms with Crippen molar-refractivity contribution in [3.63, 3.8) is 0 Å². The van der Waals surface area contributed by atoms with Crippen LogP contribution in [0.4, 0.5) is 13.2 Å². The Morgan fingerprint density at radius 2 is 1.87 bits per heavy atom. The van der Waals surface area contributed by atoms with E-state index < -0.39 is 18.8 Å². The van der Waals surface area contributed by atoms with E-state index in [0.29, 0.717) is 13.0 Å². The summed E-state index contributed by atoms with van der Waals surface area (Å²) < 4.78 is 36.5. The number of rotatable bonds is 7. The van der Waals surface area contributed by atoms with Crippen LogP contribution < -0.4 is 0 Å². The second-order valence-corrected chi connectivity index (χ2v) is 3.77. The van der Waals surface area contributed by atoms with Crippen LogP contribution in [0, 0.1) is 0 Å². The van der Waals surface area contributed by atoms with Crippen LogP contribution in [0.3, 0.4) is 0 Å². The van der Waals surface area contributed by atoms with Crippen molar-refractivity contribution in [2.75, 3.05) is 19.6 Å². The summed E-state index contributed by atoms with van der Waals surface area (Å²) in [6.45, 7) is 3.27. The Morgan fingerprint density at radius 1 is 1.27 bits per heavy atom. The zero-order chi connectivity index (χ0) is 11.9. The highest BCUT2D eigenvalue weighted by Crippen LogP contribution is 2.17. The molecule has 0 rings (SSSR count). The van der Waals surface area contributed by atoms with Gasteiger partial charge >= 0.3 is 6.18 Å². The molecule has 2 nitrogen and oxygen atoms in total. The molecule has 0 aromatic carbocycles. The van der Waals surface area contributed by atoms with Gasteiger partial charge in [0.05, 0.1) is 12.6 Å². The summed E-state index contributed by atoms with van der Waals surface area (Å²) in [5, 5.41) is 9.32. The Balaban J connectivity index is 4.06. The number of hydrogen-bond acceptors (Lipinski definition) is 2. The minimum absolute atomic E-state index is 0.107. The van der Waals surface area contributed by atoms with Gasteiger partial charge in [0.2, 0.25) is 0 Å². The first kappa shape index (κ1) is 14.7. The van der Waals surface area contributed by atoms with Gasteiger partial charge in [0.25, 0.3) is 0 Å². The second-order valence-electron chi connectivity index (χ2n) is 3.77.